The number of hydrogen-bond acceptors (Lipinski definition) is 4. The van der Waals surface area contributed by atoms with Crippen molar-refractivity contribution in [3.05, 3.63) is 65.7 Å². The van der Waals surface area contributed by atoms with Crippen LogP contribution in [0, 0.1) is 0 Å². The fourth-order valence-electron chi connectivity index (χ4n) is 4.04. The van der Waals surface area contributed by atoms with Gasteiger partial charge < -0.3 is 19.5 Å². The summed E-state index contributed by atoms with van der Waals surface area (Å²) < 4.78 is 17.6. The summed E-state index contributed by atoms with van der Waals surface area (Å²) in [5, 5.41) is 3.73. The van der Waals surface area contributed by atoms with E-state index in [1.54, 1.807) is 0 Å². The maximum atomic E-state index is 6.14. The Bertz CT molecular complexity index is 707. The minimum absolute atomic E-state index is 0.0365. The second-order valence-corrected chi connectivity index (χ2v) is 7.64. The maximum Gasteiger partial charge on any atom is 0.120 e. The van der Waals surface area contributed by atoms with Crippen LogP contribution in [0.3, 0.4) is 0 Å². The second kappa shape index (κ2) is 8.87. The topological polar surface area (TPSA) is 39.7 Å². The summed E-state index contributed by atoms with van der Waals surface area (Å²) in [6.45, 7) is 3.96. The van der Waals surface area contributed by atoms with Crippen molar-refractivity contribution < 1.29 is 14.2 Å². The van der Waals surface area contributed by atoms with Gasteiger partial charge in [-0.05, 0) is 48.9 Å². The molecule has 4 rings (SSSR count). The Balaban J connectivity index is 1.29. The van der Waals surface area contributed by atoms with Gasteiger partial charge in [-0.15, -0.1) is 0 Å². The molecule has 1 atom stereocenters. The summed E-state index contributed by atoms with van der Waals surface area (Å²) in [7, 11) is 0. The maximum absolute atomic E-state index is 6.14. The van der Waals surface area contributed by atoms with Gasteiger partial charge in [0, 0.05) is 32.4 Å². The van der Waals surface area contributed by atoms with Gasteiger partial charge in [0.2, 0.25) is 0 Å². The van der Waals surface area contributed by atoms with E-state index in [1.807, 2.05) is 24.3 Å². The van der Waals surface area contributed by atoms with Crippen LogP contribution in [0.2, 0.25) is 0 Å². The van der Waals surface area contributed by atoms with Crippen LogP contribution in [0.15, 0.2) is 54.6 Å². The van der Waals surface area contributed by atoms with Crippen molar-refractivity contribution in [3.8, 4) is 5.75 Å². The molecular formula is C23H29NO3. The summed E-state index contributed by atoms with van der Waals surface area (Å²) in [5.41, 5.74) is 2.48. The first kappa shape index (κ1) is 18.5. The first-order valence-corrected chi connectivity index (χ1v) is 10.0. The molecule has 2 aromatic rings. The SMILES string of the molecule is c1ccc(COc2cccc(CN[C@H]3CCOC4(CCOCC4)C3)c2)cc1. The summed E-state index contributed by atoms with van der Waals surface area (Å²) in [4.78, 5) is 0. The zero-order chi connectivity index (χ0) is 18.4. The number of rotatable bonds is 6. The van der Waals surface area contributed by atoms with E-state index in [1.165, 1.54) is 11.1 Å². The van der Waals surface area contributed by atoms with Gasteiger partial charge in [-0.2, -0.15) is 0 Å². The van der Waals surface area contributed by atoms with E-state index in [9.17, 15) is 0 Å². The van der Waals surface area contributed by atoms with Gasteiger partial charge in [0.25, 0.3) is 0 Å². The smallest absolute Gasteiger partial charge is 0.120 e. The van der Waals surface area contributed by atoms with Gasteiger partial charge in [-0.1, -0.05) is 42.5 Å². The summed E-state index contributed by atoms with van der Waals surface area (Å²) >= 11 is 0. The van der Waals surface area contributed by atoms with Crippen LogP contribution >= 0.6 is 0 Å². The first-order chi connectivity index (χ1) is 13.3. The van der Waals surface area contributed by atoms with E-state index in [-0.39, 0.29) is 5.60 Å². The number of hydrogen-bond donors (Lipinski definition) is 1. The van der Waals surface area contributed by atoms with Gasteiger partial charge in [0.05, 0.1) is 5.60 Å². The summed E-state index contributed by atoms with van der Waals surface area (Å²) in [6, 6.07) is 19.2. The Morgan fingerprint density at radius 1 is 0.963 bits per heavy atom. The molecule has 2 fully saturated rings. The van der Waals surface area contributed by atoms with Crippen LogP contribution in [0.5, 0.6) is 5.75 Å². The highest BCUT2D eigenvalue weighted by molar-refractivity contribution is 5.29. The lowest BCUT2D eigenvalue weighted by atomic mass is 9.84. The Hall–Kier alpha value is -1.88. The molecule has 2 heterocycles. The third-order valence-electron chi connectivity index (χ3n) is 5.64. The Morgan fingerprint density at radius 2 is 1.78 bits per heavy atom. The third kappa shape index (κ3) is 5.10. The molecular weight excluding hydrogens is 338 g/mol. The molecule has 0 radical (unpaired) electrons. The fraction of sp³-hybridized carbons (Fsp3) is 0.478. The molecule has 0 saturated carbocycles. The minimum Gasteiger partial charge on any atom is -0.489 e. The predicted molar refractivity (Wildman–Crippen MR) is 106 cm³/mol. The largest absolute Gasteiger partial charge is 0.489 e. The summed E-state index contributed by atoms with van der Waals surface area (Å²) in [5.74, 6) is 0.922. The van der Waals surface area contributed by atoms with Crippen molar-refractivity contribution in [1.29, 1.82) is 0 Å². The molecule has 2 aliphatic rings. The molecule has 0 amide bonds. The minimum atomic E-state index is 0.0365. The molecule has 27 heavy (non-hydrogen) atoms. The monoisotopic (exact) mass is 367 g/mol. The normalized spacial score (nSPS) is 21.9. The van der Waals surface area contributed by atoms with Crippen LogP contribution in [0.1, 0.15) is 36.8 Å². The second-order valence-electron chi connectivity index (χ2n) is 7.64. The molecule has 0 aromatic heterocycles. The van der Waals surface area contributed by atoms with E-state index >= 15 is 0 Å². The highest BCUT2D eigenvalue weighted by Crippen LogP contribution is 2.34. The molecule has 2 aromatic carbocycles. The standard InChI is InChI=1S/C23H29NO3/c1-2-5-19(6-3-1)18-26-22-8-4-7-20(15-22)17-24-21-9-12-27-23(16-21)10-13-25-14-11-23/h1-8,15,21,24H,9-14,16-18H2/t21-/m0/s1. The number of nitrogens with one attached hydrogen (secondary N) is 1. The predicted octanol–water partition coefficient (Wildman–Crippen LogP) is 4.08. The van der Waals surface area contributed by atoms with Gasteiger partial charge in [-0.25, -0.2) is 0 Å². The van der Waals surface area contributed by atoms with E-state index in [4.69, 9.17) is 14.2 Å². The molecule has 4 heteroatoms. The van der Waals surface area contributed by atoms with E-state index in [0.29, 0.717) is 12.6 Å². The zero-order valence-corrected chi connectivity index (χ0v) is 15.9. The molecule has 144 valence electrons. The Morgan fingerprint density at radius 3 is 2.63 bits per heavy atom. The van der Waals surface area contributed by atoms with E-state index < -0.39 is 0 Å². The molecule has 0 bridgehead atoms. The van der Waals surface area contributed by atoms with E-state index in [2.05, 4.69) is 35.6 Å². The molecule has 0 unspecified atom stereocenters. The average Bonchev–Trinajstić information content (AvgIpc) is 2.73. The Kier molecular flexibility index (Phi) is 6.07. The lowest BCUT2D eigenvalue weighted by Crippen LogP contribution is -2.49. The lowest BCUT2D eigenvalue weighted by molar-refractivity contribution is -0.140. The van der Waals surface area contributed by atoms with Gasteiger partial charge in [-0.3, -0.25) is 0 Å². The number of ether oxygens (including phenoxy) is 3. The van der Waals surface area contributed by atoms with Gasteiger partial charge in [0.15, 0.2) is 0 Å². The van der Waals surface area contributed by atoms with Crippen molar-refractivity contribution in [2.24, 2.45) is 0 Å². The van der Waals surface area contributed by atoms with E-state index in [0.717, 1.165) is 57.8 Å². The lowest BCUT2D eigenvalue weighted by Gasteiger charge is -2.43. The first-order valence-electron chi connectivity index (χ1n) is 10.0. The van der Waals surface area contributed by atoms with Crippen LogP contribution in [-0.2, 0) is 22.6 Å². The summed E-state index contributed by atoms with van der Waals surface area (Å²) in [6.07, 6.45) is 4.20. The highest BCUT2D eigenvalue weighted by Gasteiger charge is 2.38. The quantitative estimate of drug-likeness (QED) is 0.835. The Labute approximate surface area is 161 Å². The van der Waals surface area contributed by atoms with Crippen molar-refractivity contribution in [3.63, 3.8) is 0 Å². The van der Waals surface area contributed by atoms with Crippen molar-refractivity contribution in [2.45, 2.75) is 50.5 Å². The molecule has 2 saturated heterocycles. The van der Waals surface area contributed by atoms with Crippen LogP contribution in [0.4, 0.5) is 0 Å². The highest BCUT2D eigenvalue weighted by atomic mass is 16.5. The number of benzene rings is 2. The zero-order valence-electron chi connectivity index (χ0n) is 15.9. The van der Waals surface area contributed by atoms with Gasteiger partial charge in [0.1, 0.15) is 12.4 Å². The van der Waals surface area contributed by atoms with Crippen LogP contribution in [-0.4, -0.2) is 31.5 Å². The van der Waals surface area contributed by atoms with Crippen molar-refractivity contribution >= 4 is 0 Å². The molecule has 1 spiro atoms. The van der Waals surface area contributed by atoms with Crippen LogP contribution in [0.25, 0.3) is 0 Å². The molecule has 1 N–H and O–H groups in total. The van der Waals surface area contributed by atoms with Crippen LogP contribution < -0.4 is 10.1 Å². The molecule has 0 aliphatic carbocycles. The molecule has 2 aliphatic heterocycles. The van der Waals surface area contributed by atoms with Crippen molar-refractivity contribution in [2.75, 3.05) is 19.8 Å². The van der Waals surface area contributed by atoms with Crippen molar-refractivity contribution in [1.82, 2.24) is 5.32 Å². The third-order valence-corrected chi connectivity index (χ3v) is 5.64. The molecule has 4 nitrogen and oxygen atoms in total. The average molecular weight is 367 g/mol. The fourth-order valence-corrected chi connectivity index (χ4v) is 4.04. The van der Waals surface area contributed by atoms with Gasteiger partial charge >= 0.3 is 0 Å².